The molecule has 0 radical (unpaired) electrons. The fourth-order valence-electron chi connectivity index (χ4n) is 3.04. The summed E-state index contributed by atoms with van der Waals surface area (Å²) >= 11 is 0. The maximum Gasteiger partial charge on any atom is 0.305 e. The Hall–Kier alpha value is -1.10. The minimum Gasteiger partial charge on any atom is -0.481 e. The van der Waals surface area contributed by atoms with E-state index < -0.39 is 11.5 Å². The van der Waals surface area contributed by atoms with Crippen molar-refractivity contribution < 1.29 is 14.7 Å². The van der Waals surface area contributed by atoms with Crippen molar-refractivity contribution >= 4 is 11.9 Å². The van der Waals surface area contributed by atoms with Crippen LogP contribution in [0.25, 0.3) is 0 Å². The van der Waals surface area contributed by atoms with E-state index in [4.69, 9.17) is 5.11 Å². The molecule has 1 saturated carbocycles. The first-order valence-corrected chi connectivity index (χ1v) is 6.59. The van der Waals surface area contributed by atoms with E-state index in [1.165, 1.54) is 0 Å². The lowest BCUT2D eigenvalue weighted by Gasteiger charge is -2.27. The number of amides is 1. The third-order valence-electron chi connectivity index (χ3n) is 4.16. The molecule has 1 atom stereocenters. The van der Waals surface area contributed by atoms with Gasteiger partial charge in [0.1, 0.15) is 0 Å². The monoisotopic (exact) mass is 254 g/mol. The minimum atomic E-state index is -0.882. The van der Waals surface area contributed by atoms with Gasteiger partial charge in [0.05, 0.1) is 6.42 Å². The highest BCUT2D eigenvalue weighted by atomic mass is 16.4. The average molecular weight is 254 g/mol. The fraction of sp³-hybridized carbons (Fsp3) is 0.846. The van der Waals surface area contributed by atoms with Crippen molar-refractivity contribution in [2.24, 2.45) is 11.3 Å². The molecule has 1 heterocycles. The second-order valence-electron chi connectivity index (χ2n) is 6.31. The summed E-state index contributed by atoms with van der Waals surface area (Å²) in [5.74, 6) is -0.761. The van der Waals surface area contributed by atoms with Crippen molar-refractivity contribution in [2.75, 3.05) is 13.1 Å². The summed E-state index contributed by atoms with van der Waals surface area (Å²) in [6.45, 7) is 5.50. The van der Waals surface area contributed by atoms with Gasteiger partial charge in [-0.2, -0.15) is 0 Å². The van der Waals surface area contributed by atoms with Crippen LogP contribution in [-0.4, -0.2) is 35.6 Å². The zero-order valence-electron chi connectivity index (χ0n) is 11.1. The summed E-state index contributed by atoms with van der Waals surface area (Å²) in [5, 5.41) is 15.0. The molecule has 1 saturated heterocycles. The van der Waals surface area contributed by atoms with Gasteiger partial charge in [-0.15, -0.1) is 0 Å². The maximum absolute atomic E-state index is 12.2. The number of carbonyl (C=O) groups excluding carboxylic acids is 1. The van der Waals surface area contributed by atoms with Gasteiger partial charge in [-0.05, 0) is 51.6 Å². The van der Waals surface area contributed by atoms with Gasteiger partial charge in [-0.1, -0.05) is 0 Å². The second-order valence-corrected chi connectivity index (χ2v) is 6.31. The van der Waals surface area contributed by atoms with Crippen molar-refractivity contribution in [3.63, 3.8) is 0 Å². The molecule has 1 aliphatic carbocycles. The minimum absolute atomic E-state index is 0.0307. The first-order valence-electron chi connectivity index (χ1n) is 6.59. The van der Waals surface area contributed by atoms with E-state index >= 15 is 0 Å². The predicted octanol–water partition coefficient (Wildman–Crippen LogP) is 0.746. The number of hydrogen-bond donors (Lipinski definition) is 3. The predicted molar refractivity (Wildman–Crippen MR) is 67.1 cm³/mol. The molecule has 0 aromatic carbocycles. The molecule has 0 aromatic heterocycles. The highest BCUT2D eigenvalue weighted by Crippen LogP contribution is 2.58. The third-order valence-corrected chi connectivity index (χ3v) is 4.16. The number of carboxylic acids is 1. The van der Waals surface area contributed by atoms with E-state index in [2.05, 4.69) is 10.6 Å². The van der Waals surface area contributed by atoms with Crippen LogP contribution in [0.3, 0.4) is 0 Å². The van der Waals surface area contributed by atoms with Crippen LogP contribution >= 0.6 is 0 Å². The van der Waals surface area contributed by atoms with Gasteiger partial charge >= 0.3 is 5.97 Å². The molecular formula is C13H22N2O3. The molecule has 2 fully saturated rings. The number of hydrogen-bond acceptors (Lipinski definition) is 3. The first kappa shape index (κ1) is 13.3. The number of carbonyl (C=O) groups is 2. The van der Waals surface area contributed by atoms with Crippen LogP contribution in [0.15, 0.2) is 0 Å². The van der Waals surface area contributed by atoms with Crippen LogP contribution in [0.1, 0.15) is 39.5 Å². The van der Waals surface area contributed by atoms with Gasteiger partial charge in [0.15, 0.2) is 0 Å². The number of piperidine rings is 1. The fourth-order valence-corrected chi connectivity index (χ4v) is 3.04. The Bertz CT molecular complexity index is 359. The molecule has 0 aromatic rings. The van der Waals surface area contributed by atoms with Crippen molar-refractivity contribution in [3.8, 4) is 0 Å². The Kier molecular flexibility index (Phi) is 3.36. The molecule has 3 N–H and O–H groups in total. The summed E-state index contributed by atoms with van der Waals surface area (Å²) in [7, 11) is 0. The highest BCUT2D eigenvalue weighted by Gasteiger charge is 2.58. The van der Waals surface area contributed by atoms with Crippen molar-refractivity contribution in [1.82, 2.24) is 10.6 Å². The maximum atomic E-state index is 12.2. The molecule has 1 amide bonds. The van der Waals surface area contributed by atoms with Gasteiger partial charge in [-0.25, -0.2) is 0 Å². The quantitative estimate of drug-likeness (QED) is 0.691. The van der Waals surface area contributed by atoms with E-state index in [1.54, 1.807) is 13.8 Å². The zero-order valence-corrected chi connectivity index (χ0v) is 11.1. The number of carboxylic acid groups (broad SMARTS) is 1. The van der Waals surface area contributed by atoms with Crippen LogP contribution in [0.4, 0.5) is 0 Å². The zero-order chi connectivity index (χ0) is 13.4. The molecule has 2 aliphatic rings. The summed E-state index contributed by atoms with van der Waals surface area (Å²) < 4.78 is 0. The lowest BCUT2D eigenvalue weighted by molar-refractivity contribution is -0.138. The topological polar surface area (TPSA) is 78.4 Å². The average Bonchev–Trinajstić information content (AvgIpc) is 2.90. The summed E-state index contributed by atoms with van der Waals surface area (Å²) in [5.41, 5.74) is -0.464. The molecule has 1 unspecified atom stereocenters. The Morgan fingerprint density at radius 2 is 2.00 bits per heavy atom. The van der Waals surface area contributed by atoms with Crippen molar-refractivity contribution in [3.05, 3.63) is 0 Å². The van der Waals surface area contributed by atoms with E-state index in [0.717, 1.165) is 32.4 Å². The number of aliphatic carboxylic acids is 1. The lowest BCUT2D eigenvalue weighted by Crippen LogP contribution is -2.46. The smallest absolute Gasteiger partial charge is 0.305 e. The van der Waals surface area contributed by atoms with E-state index in [1.807, 2.05) is 0 Å². The van der Waals surface area contributed by atoms with Gasteiger partial charge in [0, 0.05) is 11.5 Å². The Labute approximate surface area is 107 Å². The molecule has 0 bridgehead atoms. The SMILES string of the molecule is CC(C)(CC(=O)O)NC(=O)C1CC12CCNCC2. The summed E-state index contributed by atoms with van der Waals surface area (Å²) in [4.78, 5) is 22.9. The Morgan fingerprint density at radius 1 is 1.39 bits per heavy atom. The molecular weight excluding hydrogens is 232 g/mol. The standard InChI is InChI=1S/C13H22N2O3/c1-12(2,8-10(16)17)15-11(18)9-7-13(9)3-5-14-6-4-13/h9,14H,3-8H2,1-2H3,(H,15,18)(H,16,17). The van der Waals surface area contributed by atoms with Crippen LogP contribution in [-0.2, 0) is 9.59 Å². The number of nitrogens with one attached hydrogen (secondary N) is 2. The summed E-state index contributed by atoms with van der Waals surface area (Å²) in [6.07, 6.45) is 3.04. The van der Waals surface area contributed by atoms with E-state index in [-0.39, 0.29) is 23.7 Å². The van der Waals surface area contributed by atoms with E-state index in [9.17, 15) is 9.59 Å². The van der Waals surface area contributed by atoms with Crippen LogP contribution < -0.4 is 10.6 Å². The van der Waals surface area contributed by atoms with E-state index in [0.29, 0.717) is 0 Å². The molecule has 1 spiro atoms. The first-order chi connectivity index (χ1) is 8.35. The third kappa shape index (κ3) is 2.83. The van der Waals surface area contributed by atoms with Crippen LogP contribution in [0.2, 0.25) is 0 Å². The molecule has 18 heavy (non-hydrogen) atoms. The lowest BCUT2D eigenvalue weighted by atomic mass is 9.91. The number of rotatable bonds is 4. The second kappa shape index (κ2) is 4.53. The molecule has 102 valence electrons. The van der Waals surface area contributed by atoms with Crippen molar-refractivity contribution in [1.29, 1.82) is 0 Å². The highest BCUT2D eigenvalue weighted by molar-refractivity contribution is 5.84. The molecule has 5 nitrogen and oxygen atoms in total. The Balaban J connectivity index is 1.88. The van der Waals surface area contributed by atoms with Gasteiger partial charge < -0.3 is 15.7 Å². The molecule has 1 aliphatic heterocycles. The molecule has 2 rings (SSSR count). The van der Waals surface area contributed by atoms with Crippen LogP contribution in [0.5, 0.6) is 0 Å². The largest absolute Gasteiger partial charge is 0.481 e. The summed E-state index contributed by atoms with van der Waals surface area (Å²) in [6, 6.07) is 0. The van der Waals surface area contributed by atoms with Crippen LogP contribution in [0, 0.1) is 11.3 Å². The molecule has 5 heteroatoms. The Morgan fingerprint density at radius 3 is 2.56 bits per heavy atom. The van der Waals surface area contributed by atoms with Gasteiger partial charge in [0.2, 0.25) is 5.91 Å². The normalized spacial score (nSPS) is 25.8. The van der Waals surface area contributed by atoms with Gasteiger partial charge in [-0.3, -0.25) is 9.59 Å². The van der Waals surface area contributed by atoms with Crippen molar-refractivity contribution in [2.45, 2.75) is 45.1 Å². The van der Waals surface area contributed by atoms with Gasteiger partial charge in [0.25, 0.3) is 0 Å².